The van der Waals surface area contributed by atoms with Gasteiger partial charge in [0.05, 0.1) is 12.5 Å². The lowest BCUT2D eigenvalue weighted by Crippen LogP contribution is -2.44. The van der Waals surface area contributed by atoms with Gasteiger partial charge in [-0.1, -0.05) is 0 Å². The van der Waals surface area contributed by atoms with Gasteiger partial charge in [-0.15, -0.1) is 0 Å². The quantitative estimate of drug-likeness (QED) is 0.894. The Kier molecular flexibility index (Phi) is 4.55. The maximum absolute atomic E-state index is 12.3. The lowest BCUT2D eigenvalue weighted by atomic mass is 10.1. The Morgan fingerprint density at radius 3 is 2.81 bits per heavy atom. The van der Waals surface area contributed by atoms with Gasteiger partial charge in [-0.2, -0.15) is 0 Å². The number of hydrogen-bond donors (Lipinski definition) is 2. The molecule has 0 bridgehead atoms. The normalized spacial score (nSPS) is 19.6. The van der Waals surface area contributed by atoms with Gasteiger partial charge in [-0.3, -0.25) is 4.79 Å². The van der Waals surface area contributed by atoms with Crippen LogP contribution in [0, 0.1) is 13.8 Å². The van der Waals surface area contributed by atoms with E-state index in [2.05, 4.69) is 5.32 Å². The molecule has 2 atom stereocenters. The summed E-state index contributed by atoms with van der Waals surface area (Å²) < 4.78 is 5.47. The van der Waals surface area contributed by atoms with Crippen LogP contribution in [0.1, 0.15) is 49.3 Å². The minimum atomic E-state index is -0.867. The van der Waals surface area contributed by atoms with Gasteiger partial charge in [0.25, 0.3) is 0 Å². The van der Waals surface area contributed by atoms with Crippen LogP contribution in [0.4, 0.5) is 4.79 Å². The SMILES string of the molecule is Cc1cc(C(C)NC(=O)N2CCCC2CC(=O)O)c(C)o1. The maximum atomic E-state index is 12.3. The van der Waals surface area contributed by atoms with Gasteiger partial charge in [0, 0.05) is 18.2 Å². The number of rotatable bonds is 4. The van der Waals surface area contributed by atoms with Crippen LogP contribution < -0.4 is 5.32 Å². The zero-order chi connectivity index (χ0) is 15.6. The maximum Gasteiger partial charge on any atom is 0.318 e. The fraction of sp³-hybridized carbons (Fsp3) is 0.600. The van der Waals surface area contributed by atoms with Crippen molar-refractivity contribution in [3.63, 3.8) is 0 Å². The molecule has 2 amide bonds. The van der Waals surface area contributed by atoms with E-state index in [1.165, 1.54) is 0 Å². The molecule has 0 spiro atoms. The lowest BCUT2D eigenvalue weighted by Gasteiger charge is -2.25. The number of aryl methyl sites for hydroxylation is 2. The largest absolute Gasteiger partial charge is 0.481 e. The number of nitrogens with one attached hydrogen (secondary N) is 1. The smallest absolute Gasteiger partial charge is 0.318 e. The number of carbonyl (C=O) groups excluding carboxylic acids is 1. The summed E-state index contributed by atoms with van der Waals surface area (Å²) in [4.78, 5) is 24.8. The molecule has 0 aliphatic carbocycles. The average Bonchev–Trinajstić information content (AvgIpc) is 2.95. The molecule has 1 fully saturated rings. The molecule has 1 aromatic rings. The van der Waals surface area contributed by atoms with E-state index in [4.69, 9.17) is 9.52 Å². The molecule has 21 heavy (non-hydrogen) atoms. The summed E-state index contributed by atoms with van der Waals surface area (Å²) >= 11 is 0. The molecule has 116 valence electrons. The lowest BCUT2D eigenvalue weighted by molar-refractivity contribution is -0.137. The van der Waals surface area contributed by atoms with Gasteiger partial charge in [-0.05, 0) is 39.7 Å². The van der Waals surface area contributed by atoms with E-state index >= 15 is 0 Å². The van der Waals surface area contributed by atoms with Crippen molar-refractivity contribution in [1.29, 1.82) is 0 Å². The van der Waals surface area contributed by atoms with Crippen LogP contribution >= 0.6 is 0 Å². The number of carbonyl (C=O) groups is 2. The van der Waals surface area contributed by atoms with Crippen molar-refractivity contribution in [2.24, 2.45) is 0 Å². The number of likely N-dealkylation sites (tertiary alicyclic amines) is 1. The van der Waals surface area contributed by atoms with Gasteiger partial charge in [0.2, 0.25) is 0 Å². The second-order valence-electron chi connectivity index (χ2n) is 5.63. The first-order chi connectivity index (χ1) is 9.88. The minimum Gasteiger partial charge on any atom is -0.481 e. The van der Waals surface area contributed by atoms with Crippen LogP contribution in [0.15, 0.2) is 10.5 Å². The monoisotopic (exact) mass is 294 g/mol. The van der Waals surface area contributed by atoms with Crippen LogP contribution in [0.25, 0.3) is 0 Å². The number of urea groups is 1. The van der Waals surface area contributed by atoms with Gasteiger partial charge in [0.1, 0.15) is 11.5 Å². The molecule has 0 saturated carbocycles. The topological polar surface area (TPSA) is 82.8 Å². The Balaban J connectivity index is 2.00. The van der Waals surface area contributed by atoms with Crippen LogP contribution in [0.3, 0.4) is 0 Å². The third-order valence-electron chi connectivity index (χ3n) is 3.93. The third-order valence-corrected chi connectivity index (χ3v) is 3.93. The molecular weight excluding hydrogens is 272 g/mol. The molecule has 2 unspecified atom stereocenters. The van der Waals surface area contributed by atoms with Crippen LogP contribution in [0.2, 0.25) is 0 Å². The van der Waals surface area contributed by atoms with E-state index in [1.54, 1.807) is 4.90 Å². The van der Waals surface area contributed by atoms with Gasteiger partial charge in [-0.25, -0.2) is 4.79 Å². The molecule has 2 heterocycles. The molecule has 6 nitrogen and oxygen atoms in total. The predicted molar refractivity (Wildman–Crippen MR) is 77.1 cm³/mol. The summed E-state index contributed by atoms with van der Waals surface area (Å²) in [6, 6.07) is 1.34. The van der Waals surface area contributed by atoms with E-state index in [-0.39, 0.29) is 24.5 Å². The first-order valence-corrected chi connectivity index (χ1v) is 7.24. The second kappa shape index (κ2) is 6.20. The van der Waals surface area contributed by atoms with Crippen molar-refractivity contribution in [2.45, 2.75) is 52.1 Å². The van der Waals surface area contributed by atoms with Crippen molar-refractivity contribution in [2.75, 3.05) is 6.54 Å². The number of amides is 2. The van der Waals surface area contributed by atoms with E-state index in [0.717, 1.165) is 29.9 Å². The molecule has 0 radical (unpaired) electrons. The highest BCUT2D eigenvalue weighted by molar-refractivity contribution is 5.76. The summed E-state index contributed by atoms with van der Waals surface area (Å²) in [5, 5.41) is 11.8. The standard InChI is InChI=1S/C15H22N2O4/c1-9-7-13(11(3)21-9)10(2)16-15(20)17-6-4-5-12(17)8-14(18)19/h7,10,12H,4-6,8H2,1-3H3,(H,16,20)(H,18,19). The Labute approximate surface area is 124 Å². The van der Waals surface area contributed by atoms with Crippen LogP contribution in [-0.4, -0.2) is 34.6 Å². The minimum absolute atomic E-state index is 0.00560. The number of carboxylic acids is 1. The van der Waals surface area contributed by atoms with Gasteiger partial charge < -0.3 is 19.7 Å². The van der Waals surface area contributed by atoms with Crippen molar-refractivity contribution < 1.29 is 19.1 Å². The molecule has 2 N–H and O–H groups in total. The average molecular weight is 294 g/mol. The van der Waals surface area contributed by atoms with Gasteiger partial charge >= 0.3 is 12.0 Å². The number of hydrogen-bond acceptors (Lipinski definition) is 3. The Hall–Kier alpha value is -1.98. The fourth-order valence-corrected chi connectivity index (χ4v) is 2.94. The summed E-state index contributed by atoms with van der Waals surface area (Å²) in [6.07, 6.45) is 1.60. The van der Waals surface area contributed by atoms with Crippen LogP contribution in [-0.2, 0) is 4.79 Å². The number of aliphatic carboxylic acids is 1. The molecule has 0 aromatic carbocycles. The molecule has 1 aromatic heterocycles. The zero-order valence-electron chi connectivity index (χ0n) is 12.7. The Bertz CT molecular complexity index is 538. The van der Waals surface area contributed by atoms with Gasteiger partial charge in [0.15, 0.2) is 0 Å². The summed E-state index contributed by atoms with van der Waals surface area (Å²) in [7, 11) is 0. The van der Waals surface area contributed by atoms with E-state index < -0.39 is 5.97 Å². The van der Waals surface area contributed by atoms with Crippen molar-refractivity contribution in [3.8, 4) is 0 Å². The van der Waals surface area contributed by atoms with Crippen molar-refractivity contribution in [1.82, 2.24) is 10.2 Å². The van der Waals surface area contributed by atoms with Crippen molar-refractivity contribution >= 4 is 12.0 Å². The van der Waals surface area contributed by atoms with E-state index in [0.29, 0.717) is 6.54 Å². The number of nitrogens with zero attached hydrogens (tertiary/aromatic N) is 1. The Morgan fingerprint density at radius 1 is 1.52 bits per heavy atom. The fourth-order valence-electron chi connectivity index (χ4n) is 2.94. The summed E-state index contributed by atoms with van der Waals surface area (Å²) in [6.45, 7) is 6.25. The molecule has 2 rings (SSSR count). The molecule has 1 saturated heterocycles. The number of furan rings is 1. The molecule has 1 aliphatic rings. The zero-order valence-corrected chi connectivity index (χ0v) is 12.7. The summed E-state index contributed by atoms with van der Waals surface area (Å²) in [5.41, 5.74) is 0.954. The van der Waals surface area contributed by atoms with Crippen molar-refractivity contribution in [3.05, 3.63) is 23.2 Å². The second-order valence-corrected chi connectivity index (χ2v) is 5.63. The highest BCUT2D eigenvalue weighted by Gasteiger charge is 2.31. The van der Waals surface area contributed by atoms with E-state index in [1.807, 2.05) is 26.8 Å². The van der Waals surface area contributed by atoms with Crippen LogP contribution in [0.5, 0.6) is 0 Å². The summed E-state index contributed by atoms with van der Waals surface area (Å²) in [5.74, 6) is 0.742. The number of carboxylic acid groups (broad SMARTS) is 1. The third kappa shape index (κ3) is 3.56. The highest BCUT2D eigenvalue weighted by atomic mass is 16.4. The highest BCUT2D eigenvalue weighted by Crippen LogP contribution is 2.24. The van der Waals surface area contributed by atoms with E-state index in [9.17, 15) is 9.59 Å². The molecule has 1 aliphatic heterocycles. The first-order valence-electron chi connectivity index (χ1n) is 7.24. The first kappa shape index (κ1) is 15.4. The molecular formula is C15H22N2O4. The molecule has 6 heteroatoms. The predicted octanol–water partition coefficient (Wildman–Crippen LogP) is 2.61. The Morgan fingerprint density at radius 2 is 2.24 bits per heavy atom.